The average Bonchev–Trinajstić information content (AvgIpc) is 2.68. The SMILES string of the molecule is CC1(C(=O)C=[N+]=[N-])CCCc2cocc21. The first-order valence-electron chi connectivity index (χ1n) is 4.96. The Morgan fingerprint density at radius 1 is 1.67 bits per heavy atom. The van der Waals surface area contributed by atoms with Crippen molar-refractivity contribution in [3.05, 3.63) is 29.2 Å². The van der Waals surface area contributed by atoms with Crippen LogP contribution in [0.15, 0.2) is 16.9 Å². The topological polar surface area (TPSA) is 66.6 Å². The minimum atomic E-state index is -0.590. The first-order chi connectivity index (χ1) is 7.18. The second kappa shape index (κ2) is 3.48. The molecule has 1 unspecified atom stereocenters. The molecule has 0 radical (unpaired) electrons. The zero-order valence-electron chi connectivity index (χ0n) is 8.56. The maximum atomic E-state index is 11.8. The number of rotatable bonds is 2. The van der Waals surface area contributed by atoms with Crippen LogP contribution in [0.3, 0.4) is 0 Å². The van der Waals surface area contributed by atoms with Gasteiger partial charge in [0.2, 0.25) is 5.78 Å². The second-order valence-corrected chi connectivity index (χ2v) is 4.11. The second-order valence-electron chi connectivity index (χ2n) is 4.11. The van der Waals surface area contributed by atoms with Gasteiger partial charge in [0, 0.05) is 5.56 Å². The van der Waals surface area contributed by atoms with E-state index in [2.05, 4.69) is 4.79 Å². The molecule has 1 atom stereocenters. The number of ketones is 1. The van der Waals surface area contributed by atoms with E-state index >= 15 is 0 Å². The Kier molecular flexibility index (Phi) is 2.29. The van der Waals surface area contributed by atoms with Crippen LogP contribution < -0.4 is 0 Å². The molecule has 0 amide bonds. The minimum absolute atomic E-state index is 0.174. The average molecular weight is 204 g/mol. The summed E-state index contributed by atoms with van der Waals surface area (Å²) in [5.74, 6) is -0.174. The molecule has 1 aromatic heterocycles. The van der Waals surface area contributed by atoms with Crippen LogP contribution in [0.5, 0.6) is 0 Å². The molecule has 4 heteroatoms. The fraction of sp³-hybridized carbons (Fsp3) is 0.455. The van der Waals surface area contributed by atoms with Crippen molar-refractivity contribution in [2.24, 2.45) is 0 Å². The number of hydrogen-bond acceptors (Lipinski definition) is 2. The summed E-state index contributed by atoms with van der Waals surface area (Å²) in [6.45, 7) is 1.87. The van der Waals surface area contributed by atoms with Gasteiger partial charge in [0.15, 0.2) is 0 Å². The highest BCUT2D eigenvalue weighted by molar-refractivity contribution is 6.29. The molecule has 0 fully saturated rings. The molecule has 1 aromatic rings. The van der Waals surface area contributed by atoms with E-state index in [0.29, 0.717) is 0 Å². The van der Waals surface area contributed by atoms with Gasteiger partial charge in [-0.1, -0.05) is 0 Å². The number of fused-ring (bicyclic) bond motifs is 1. The van der Waals surface area contributed by atoms with Crippen LogP contribution >= 0.6 is 0 Å². The molecule has 0 aromatic carbocycles. The van der Waals surface area contributed by atoms with Crippen LogP contribution in [0.1, 0.15) is 30.9 Å². The fourth-order valence-corrected chi connectivity index (χ4v) is 2.22. The van der Waals surface area contributed by atoms with Gasteiger partial charge in [-0.2, -0.15) is 4.79 Å². The number of nitrogens with zero attached hydrogens (tertiary/aromatic N) is 2. The number of Topliss-reactive ketones (excluding diaryl/α,β-unsaturated/α-hetero) is 1. The van der Waals surface area contributed by atoms with Gasteiger partial charge in [-0.25, -0.2) is 0 Å². The van der Waals surface area contributed by atoms with Crippen LogP contribution in [0.2, 0.25) is 0 Å². The first-order valence-corrected chi connectivity index (χ1v) is 4.96. The van der Waals surface area contributed by atoms with Gasteiger partial charge >= 0.3 is 6.21 Å². The predicted octanol–water partition coefficient (Wildman–Crippen LogP) is 1.74. The molecule has 0 spiro atoms. The Bertz CT molecular complexity index is 443. The highest BCUT2D eigenvalue weighted by Crippen LogP contribution is 2.38. The Labute approximate surface area is 87.5 Å². The monoisotopic (exact) mass is 204 g/mol. The van der Waals surface area contributed by atoms with E-state index in [1.54, 1.807) is 12.5 Å². The Balaban J connectivity index is 2.47. The Morgan fingerprint density at radius 3 is 3.20 bits per heavy atom. The predicted molar refractivity (Wildman–Crippen MR) is 53.7 cm³/mol. The van der Waals surface area contributed by atoms with Crippen molar-refractivity contribution < 1.29 is 14.0 Å². The molecule has 0 bridgehead atoms. The van der Waals surface area contributed by atoms with E-state index in [0.717, 1.165) is 36.6 Å². The molecule has 0 saturated heterocycles. The molecular formula is C11H12N2O2. The molecule has 78 valence electrons. The van der Waals surface area contributed by atoms with Crippen molar-refractivity contribution in [2.75, 3.05) is 0 Å². The van der Waals surface area contributed by atoms with Crippen molar-refractivity contribution in [1.29, 1.82) is 0 Å². The van der Waals surface area contributed by atoms with Crippen molar-refractivity contribution in [3.63, 3.8) is 0 Å². The van der Waals surface area contributed by atoms with Crippen LogP contribution in [-0.4, -0.2) is 16.8 Å². The lowest BCUT2D eigenvalue weighted by Crippen LogP contribution is -2.36. The summed E-state index contributed by atoms with van der Waals surface area (Å²) in [5.41, 5.74) is 9.83. The zero-order valence-corrected chi connectivity index (χ0v) is 8.56. The molecule has 1 aliphatic carbocycles. The van der Waals surface area contributed by atoms with E-state index in [9.17, 15) is 4.79 Å². The smallest absolute Gasteiger partial charge is 0.324 e. The summed E-state index contributed by atoms with van der Waals surface area (Å²) in [6.07, 6.45) is 6.96. The van der Waals surface area contributed by atoms with Gasteiger partial charge in [-0.3, -0.25) is 4.79 Å². The van der Waals surface area contributed by atoms with E-state index in [1.807, 2.05) is 6.92 Å². The fourth-order valence-electron chi connectivity index (χ4n) is 2.22. The summed E-state index contributed by atoms with van der Waals surface area (Å²) < 4.78 is 5.13. The number of carbonyl (C=O) groups is 1. The number of carbonyl (C=O) groups excluding carboxylic acids is 1. The van der Waals surface area contributed by atoms with E-state index in [-0.39, 0.29) is 5.78 Å². The molecule has 4 nitrogen and oxygen atoms in total. The lowest BCUT2D eigenvalue weighted by atomic mass is 9.70. The largest absolute Gasteiger partial charge is 0.472 e. The van der Waals surface area contributed by atoms with Gasteiger partial charge in [-0.05, 0) is 31.7 Å². The molecule has 1 aliphatic rings. The quantitative estimate of drug-likeness (QED) is 0.418. The van der Waals surface area contributed by atoms with Crippen LogP contribution in [0.4, 0.5) is 0 Å². The van der Waals surface area contributed by atoms with Crippen LogP contribution in [-0.2, 0) is 16.6 Å². The number of furan rings is 1. The number of aryl methyl sites for hydroxylation is 1. The first kappa shape index (κ1) is 9.87. The number of hydrogen-bond donors (Lipinski definition) is 0. The summed E-state index contributed by atoms with van der Waals surface area (Å²) in [6, 6.07) is 0. The van der Waals surface area contributed by atoms with Gasteiger partial charge in [-0.15, -0.1) is 0 Å². The van der Waals surface area contributed by atoms with E-state index < -0.39 is 5.41 Å². The molecule has 0 N–H and O–H groups in total. The zero-order chi connectivity index (χ0) is 10.9. The van der Waals surface area contributed by atoms with E-state index in [1.165, 1.54) is 0 Å². The van der Waals surface area contributed by atoms with Crippen LogP contribution in [0, 0.1) is 0 Å². The third kappa shape index (κ3) is 1.43. The lowest BCUT2D eigenvalue weighted by molar-refractivity contribution is -0.121. The maximum Gasteiger partial charge on any atom is 0.324 e. The van der Waals surface area contributed by atoms with Gasteiger partial charge < -0.3 is 9.95 Å². The van der Waals surface area contributed by atoms with Crippen LogP contribution in [0.25, 0.3) is 5.53 Å². The summed E-state index contributed by atoms with van der Waals surface area (Å²) in [5, 5.41) is 0. The van der Waals surface area contributed by atoms with Crippen molar-refractivity contribution in [3.8, 4) is 0 Å². The Morgan fingerprint density at radius 2 is 2.47 bits per heavy atom. The summed E-state index contributed by atoms with van der Waals surface area (Å²) >= 11 is 0. The van der Waals surface area contributed by atoms with Gasteiger partial charge in [0.1, 0.15) is 0 Å². The van der Waals surface area contributed by atoms with Gasteiger partial charge in [0.25, 0.3) is 0 Å². The highest BCUT2D eigenvalue weighted by atomic mass is 16.3. The molecule has 2 rings (SSSR count). The molecule has 0 aliphatic heterocycles. The van der Waals surface area contributed by atoms with E-state index in [4.69, 9.17) is 9.95 Å². The highest BCUT2D eigenvalue weighted by Gasteiger charge is 2.40. The maximum absolute atomic E-state index is 11.8. The standard InChI is InChI=1S/C11H12N2O2/c1-11(10(14)5-13-12)4-2-3-8-6-15-7-9(8)11/h5-7H,2-4H2,1H3. The molecule has 0 saturated carbocycles. The normalized spacial score (nSPS) is 24.1. The third-order valence-corrected chi connectivity index (χ3v) is 3.18. The summed E-state index contributed by atoms with van der Waals surface area (Å²) in [4.78, 5) is 14.6. The van der Waals surface area contributed by atoms with Crippen molar-refractivity contribution in [1.82, 2.24) is 0 Å². The summed E-state index contributed by atoms with van der Waals surface area (Å²) in [7, 11) is 0. The molecule has 15 heavy (non-hydrogen) atoms. The van der Waals surface area contributed by atoms with Crippen molar-refractivity contribution in [2.45, 2.75) is 31.6 Å². The molecular weight excluding hydrogens is 192 g/mol. The Hall–Kier alpha value is -1.67. The minimum Gasteiger partial charge on any atom is -0.472 e. The van der Waals surface area contributed by atoms with Crippen molar-refractivity contribution >= 4 is 12.0 Å². The van der Waals surface area contributed by atoms with Gasteiger partial charge in [0.05, 0.1) is 17.9 Å². The molecule has 1 heterocycles. The third-order valence-electron chi connectivity index (χ3n) is 3.18. The lowest BCUT2D eigenvalue weighted by Gasteiger charge is -2.29.